The Bertz CT molecular complexity index is 642. The monoisotopic (exact) mass is 579 g/mol. The van der Waals surface area contributed by atoms with Gasteiger partial charge in [0.1, 0.15) is 6.10 Å². The smallest absolute Gasteiger partial charge is 0.394 e. The zero-order valence-electron chi connectivity index (χ0n) is 24.7. The minimum Gasteiger partial charge on any atom is -0.394 e. The van der Waals surface area contributed by atoms with E-state index in [-0.39, 0.29) is 12.8 Å². The highest BCUT2D eigenvalue weighted by atomic mass is 31.2. The molecule has 0 spiro atoms. The number of rotatable bonds is 29. The molecule has 10 heteroatoms. The molecule has 0 aromatic carbocycles. The third kappa shape index (κ3) is 18.4. The quantitative estimate of drug-likeness (QED) is 0.0463. The number of hydrogen-bond donors (Lipinski definition) is 4. The Balaban J connectivity index is 5.00. The Kier molecular flexibility index (Phi) is 23.6. The van der Waals surface area contributed by atoms with E-state index in [2.05, 4.69) is 13.8 Å². The van der Waals surface area contributed by atoms with Crippen LogP contribution >= 0.6 is 7.82 Å². The minimum atomic E-state index is -4.92. The van der Waals surface area contributed by atoms with Crippen LogP contribution in [0.1, 0.15) is 142 Å². The van der Waals surface area contributed by atoms with E-state index in [1.165, 1.54) is 51.4 Å². The molecule has 2 unspecified atom stereocenters. The zero-order valence-corrected chi connectivity index (χ0v) is 25.6. The maximum atomic E-state index is 13.3. The van der Waals surface area contributed by atoms with E-state index in [9.17, 15) is 24.2 Å². The third-order valence-electron chi connectivity index (χ3n) is 7.12. The molecule has 0 aliphatic carbocycles. The second-order valence-corrected chi connectivity index (χ2v) is 12.1. The number of phosphoric ester groups is 1. The van der Waals surface area contributed by atoms with Gasteiger partial charge < -0.3 is 20.8 Å². The Morgan fingerprint density at radius 3 is 1.44 bits per heavy atom. The van der Waals surface area contributed by atoms with Crippen LogP contribution in [0.25, 0.3) is 0 Å². The summed E-state index contributed by atoms with van der Waals surface area (Å²) in [4.78, 5) is 36.8. The number of ketones is 2. The lowest BCUT2D eigenvalue weighted by Gasteiger charge is -2.31. The lowest BCUT2D eigenvalue weighted by Crippen LogP contribution is -2.54. The molecule has 0 aliphatic rings. The average Bonchev–Trinajstić information content (AvgIpc) is 2.92. The van der Waals surface area contributed by atoms with E-state index in [1.54, 1.807) is 0 Å². The molecule has 0 rings (SSSR count). The normalized spacial score (nSPS) is 14.3. The lowest BCUT2D eigenvalue weighted by molar-refractivity contribution is -0.149. The van der Waals surface area contributed by atoms with Gasteiger partial charge in [-0.3, -0.25) is 18.6 Å². The van der Waals surface area contributed by atoms with Gasteiger partial charge in [-0.2, -0.15) is 0 Å². The molecular formula is C29H58NO8P. The fraction of sp³-hybridized carbons (Fsp3) is 0.931. The number of hydrogen-bond acceptors (Lipinski definition) is 8. The number of aliphatic hydroxyl groups excluding tert-OH is 2. The van der Waals surface area contributed by atoms with Crippen LogP contribution in [-0.4, -0.2) is 58.1 Å². The predicted octanol–water partition coefficient (Wildman–Crippen LogP) is 6.15. The van der Waals surface area contributed by atoms with Crippen molar-refractivity contribution in [2.24, 2.45) is 5.73 Å². The van der Waals surface area contributed by atoms with Crippen LogP contribution in [0.2, 0.25) is 0 Å². The highest BCUT2D eigenvalue weighted by Gasteiger charge is 2.49. The number of carbonyl (C=O) groups excluding carboxylic acids is 2. The van der Waals surface area contributed by atoms with E-state index in [0.717, 1.165) is 51.4 Å². The first-order valence-electron chi connectivity index (χ1n) is 15.4. The van der Waals surface area contributed by atoms with E-state index in [0.29, 0.717) is 12.8 Å². The summed E-state index contributed by atoms with van der Waals surface area (Å²) in [5, 5.41) is 18.4. The van der Waals surface area contributed by atoms with E-state index < -0.39 is 50.9 Å². The molecule has 0 radical (unpaired) electrons. The fourth-order valence-electron chi connectivity index (χ4n) is 4.57. The number of Topliss-reactive ketones (excluding diaryl/α,β-unsaturated/α-hetero) is 2. The largest absolute Gasteiger partial charge is 0.473 e. The van der Waals surface area contributed by atoms with Crippen molar-refractivity contribution in [1.29, 1.82) is 0 Å². The van der Waals surface area contributed by atoms with Gasteiger partial charge in [-0.15, -0.1) is 0 Å². The van der Waals surface area contributed by atoms with Gasteiger partial charge in [0, 0.05) is 19.4 Å². The molecule has 0 heterocycles. The number of phosphoric acid groups is 1. The Labute approximate surface area is 237 Å². The molecule has 0 amide bonds. The van der Waals surface area contributed by atoms with Gasteiger partial charge in [-0.25, -0.2) is 4.57 Å². The minimum absolute atomic E-state index is 0.00972. The summed E-state index contributed by atoms with van der Waals surface area (Å²) in [5.74, 6) is -1.23. The predicted molar refractivity (Wildman–Crippen MR) is 155 cm³/mol. The van der Waals surface area contributed by atoms with Crippen LogP contribution in [0, 0.1) is 0 Å². The third-order valence-corrected chi connectivity index (χ3v) is 8.13. The maximum absolute atomic E-state index is 13.3. The number of carbonyl (C=O) groups is 2. The van der Waals surface area contributed by atoms with Crippen molar-refractivity contribution in [3.05, 3.63) is 0 Å². The summed E-state index contributed by atoms with van der Waals surface area (Å²) >= 11 is 0. The van der Waals surface area contributed by atoms with Gasteiger partial charge in [-0.05, 0) is 12.8 Å². The lowest BCUT2D eigenvalue weighted by atomic mass is 9.87. The molecule has 0 aromatic heterocycles. The summed E-state index contributed by atoms with van der Waals surface area (Å²) in [7, 11) is -4.92. The van der Waals surface area contributed by atoms with E-state index >= 15 is 0 Å². The summed E-state index contributed by atoms with van der Waals surface area (Å²) in [5.41, 5.74) is 3.61. The SMILES string of the molecule is CCCCCCCCCCCC(=O)C(CN)(OP(=O)(O)OCC(O)CO)C(=O)CCCCCCCCCCC. The van der Waals surface area contributed by atoms with Gasteiger partial charge in [0.05, 0.1) is 13.2 Å². The maximum Gasteiger partial charge on any atom is 0.473 e. The van der Waals surface area contributed by atoms with Crippen molar-refractivity contribution < 1.29 is 38.3 Å². The fourth-order valence-corrected chi connectivity index (χ4v) is 5.66. The highest BCUT2D eigenvalue weighted by Crippen LogP contribution is 2.48. The van der Waals surface area contributed by atoms with Crippen LogP contribution in [0.4, 0.5) is 0 Å². The van der Waals surface area contributed by atoms with E-state index in [4.69, 9.17) is 19.9 Å². The number of nitrogens with two attached hydrogens (primary N) is 1. The Morgan fingerprint density at radius 1 is 0.744 bits per heavy atom. The highest BCUT2D eigenvalue weighted by molar-refractivity contribution is 7.47. The zero-order chi connectivity index (χ0) is 29.4. The second kappa shape index (κ2) is 24.0. The van der Waals surface area contributed by atoms with Gasteiger partial charge in [0.25, 0.3) is 0 Å². The van der Waals surface area contributed by atoms with Crippen molar-refractivity contribution in [1.82, 2.24) is 0 Å². The van der Waals surface area contributed by atoms with Crippen molar-refractivity contribution in [3.63, 3.8) is 0 Å². The molecule has 0 aromatic rings. The van der Waals surface area contributed by atoms with Crippen molar-refractivity contribution >= 4 is 19.4 Å². The Morgan fingerprint density at radius 2 is 1.10 bits per heavy atom. The van der Waals surface area contributed by atoms with Crippen LogP contribution < -0.4 is 5.73 Å². The van der Waals surface area contributed by atoms with Crippen molar-refractivity contribution in [2.45, 2.75) is 154 Å². The van der Waals surface area contributed by atoms with Gasteiger partial charge >= 0.3 is 7.82 Å². The van der Waals surface area contributed by atoms with Crippen LogP contribution in [0.3, 0.4) is 0 Å². The van der Waals surface area contributed by atoms with Crippen molar-refractivity contribution in [2.75, 3.05) is 19.8 Å². The summed E-state index contributed by atoms with van der Waals surface area (Å²) < 4.78 is 22.6. The molecule has 0 aliphatic heterocycles. The van der Waals surface area contributed by atoms with Gasteiger partial charge in [0.2, 0.25) is 5.60 Å². The molecule has 9 nitrogen and oxygen atoms in total. The number of unbranched alkanes of at least 4 members (excludes halogenated alkanes) is 16. The first-order valence-corrected chi connectivity index (χ1v) is 16.9. The van der Waals surface area contributed by atoms with Gasteiger partial charge in [-0.1, -0.05) is 117 Å². The molecule has 0 fully saturated rings. The average molecular weight is 580 g/mol. The first kappa shape index (κ1) is 38.3. The van der Waals surface area contributed by atoms with Gasteiger partial charge in [0.15, 0.2) is 11.6 Å². The number of aliphatic hydroxyl groups is 2. The molecule has 5 N–H and O–H groups in total. The molecule has 0 saturated heterocycles. The molecule has 2 atom stereocenters. The molecular weight excluding hydrogens is 521 g/mol. The van der Waals surface area contributed by atoms with Crippen molar-refractivity contribution in [3.8, 4) is 0 Å². The molecule has 0 bridgehead atoms. The first-order chi connectivity index (χ1) is 18.7. The molecule has 39 heavy (non-hydrogen) atoms. The standard InChI is InChI=1S/C29H58NO8P/c1-3-5-7-9-11-13-15-17-19-21-27(33)29(25-30,38-39(35,36)37-24-26(32)23-31)28(34)22-20-18-16-14-12-10-8-6-4-2/h26,31-32H,3-25,30H2,1-2H3,(H,35,36). The summed E-state index contributed by atoms with van der Waals surface area (Å²) in [6.07, 6.45) is 17.5. The second-order valence-electron chi connectivity index (χ2n) is 10.7. The summed E-state index contributed by atoms with van der Waals surface area (Å²) in [6.45, 7) is 2.42. The van der Waals surface area contributed by atoms with Crippen LogP contribution in [0.5, 0.6) is 0 Å². The molecule has 232 valence electrons. The Hall–Kier alpha value is -0.670. The van der Waals surface area contributed by atoms with Crippen LogP contribution in [0.15, 0.2) is 0 Å². The molecule has 0 saturated carbocycles. The van der Waals surface area contributed by atoms with E-state index in [1.807, 2.05) is 0 Å². The van der Waals surface area contributed by atoms with Crippen LogP contribution in [-0.2, 0) is 23.2 Å². The summed E-state index contributed by atoms with van der Waals surface area (Å²) in [6, 6.07) is 0. The topological polar surface area (TPSA) is 156 Å².